The maximum Gasteiger partial charge on any atom is 0.265 e. The van der Waals surface area contributed by atoms with Crippen LogP contribution >= 0.6 is 11.3 Å². The van der Waals surface area contributed by atoms with Gasteiger partial charge in [-0.25, -0.2) is 4.98 Å². The van der Waals surface area contributed by atoms with Gasteiger partial charge < -0.3 is 10.1 Å². The number of nitrogens with zero attached hydrogens (tertiary/aromatic N) is 2. The lowest BCUT2D eigenvalue weighted by Gasteiger charge is -2.29. The number of aromatic nitrogens is 1. The highest BCUT2D eigenvalue weighted by Gasteiger charge is 2.28. The molecule has 0 spiro atoms. The van der Waals surface area contributed by atoms with E-state index in [0.717, 1.165) is 38.6 Å². The van der Waals surface area contributed by atoms with Crippen LogP contribution < -0.4 is 15.0 Å². The van der Waals surface area contributed by atoms with E-state index < -0.39 is 0 Å². The SMILES string of the molecule is Cc1ccc(NC(=O)CN2C(=O)COc3ccc(-c4csc(-c5ccccc5)n4)cc32)c(C)c1. The minimum absolute atomic E-state index is 0.0989. The molecule has 3 aromatic carbocycles. The van der Waals surface area contributed by atoms with Crippen molar-refractivity contribution in [2.45, 2.75) is 13.8 Å². The van der Waals surface area contributed by atoms with Gasteiger partial charge in [-0.15, -0.1) is 11.3 Å². The van der Waals surface area contributed by atoms with E-state index in [1.165, 1.54) is 4.90 Å². The lowest BCUT2D eigenvalue weighted by Crippen LogP contribution is -2.43. The third-order valence-electron chi connectivity index (χ3n) is 5.68. The zero-order chi connectivity index (χ0) is 23.7. The number of aryl methyl sites for hydroxylation is 2. The van der Waals surface area contributed by atoms with Gasteiger partial charge in [-0.05, 0) is 43.7 Å². The summed E-state index contributed by atoms with van der Waals surface area (Å²) in [6, 6.07) is 21.4. The predicted molar refractivity (Wildman–Crippen MR) is 135 cm³/mol. The lowest BCUT2D eigenvalue weighted by molar-refractivity contribution is -0.123. The first-order chi connectivity index (χ1) is 16.5. The molecule has 0 unspecified atom stereocenters. The van der Waals surface area contributed by atoms with Gasteiger partial charge in [0.15, 0.2) is 6.61 Å². The van der Waals surface area contributed by atoms with E-state index in [1.54, 1.807) is 11.3 Å². The minimum Gasteiger partial charge on any atom is -0.482 e. The predicted octanol–water partition coefficient (Wildman–Crippen LogP) is 5.46. The second kappa shape index (κ2) is 9.11. The Hall–Kier alpha value is -3.97. The topological polar surface area (TPSA) is 71.5 Å². The Bertz CT molecular complexity index is 1380. The van der Waals surface area contributed by atoms with Gasteiger partial charge in [-0.3, -0.25) is 14.5 Å². The summed E-state index contributed by atoms with van der Waals surface area (Å²) in [6.07, 6.45) is 0. The fourth-order valence-corrected chi connectivity index (χ4v) is 4.78. The number of fused-ring (bicyclic) bond motifs is 1. The molecule has 0 radical (unpaired) electrons. The number of nitrogens with one attached hydrogen (secondary N) is 1. The summed E-state index contributed by atoms with van der Waals surface area (Å²) in [7, 11) is 0. The molecule has 0 saturated carbocycles. The fraction of sp³-hybridized carbons (Fsp3) is 0.148. The molecule has 1 aliphatic heterocycles. The van der Waals surface area contributed by atoms with Gasteiger partial charge in [0.05, 0.1) is 11.4 Å². The molecule has 2 heterocycles. The van der Waals surface area contributed by atoms with Crippen molar-refractivity contribution in [3.63, 3.8) is 0 Å². The Balaban J connectivity index is 1.40. The van der Waals surface area contributed by atoms with E-state index in [-0.39, 0.29) is 25.0 Å². The maximum absolute atomic E-state index is 12.8. The Kier molecular flexibility index (Phi) is 5.86. The standard InChI is InChI=1S/C27H23N3O3S/c1-17-8-10-21(18(2)12-17)28-25(31)14-30-23-13-20(9-11-24(23)33-15-26(30)32)22-16-34-27(29-22)19-6-4-3-5-7-19/h3-13,16H,14-15H2,1-2H3,(H,28,31). The molecular weight excluding hydrogens is 446 g/mol. The molecule has 0 aliphatic carbocycles. The van der Waals surface area contributed by atoms with Crippen LogP contribution in [0.2, 0.25) is 0 Å². The number of hydrogen-bond acceptors (Lipinski definition) is 5. The Morgan fingerprint density at radius 2 is 1.88 bits per heavy atom. The number of hydrogen-bond donors (Lipinski definition) is 1. The number of thiazole rings is 1. The molecule has 4 aromatic rings. The lowest BCUT2D eigenvalue weighted by atomic mass is 10.1. The van der Waals surface area contributed by atoms with Gasteiger partial charge in [0.1, 0.15) is 17.3 Å². The summed E-state index contributed by atoms with van der Waals surface area (Å²) < 4.78 is 5.62. The van der Waals surface area contributed by atoms with Crippen molar-refractivity contribution >= 4 is 34.5 Å². The van der Waals surface area contributed by atoms with Crippen LogP contribution in [0.5, 0.6) is 5.75 Å². The number of carbonyl (C=O) groups excluding carboxylic acids is 2. The molecule has 1 N–H and O–H groups in total. The van der Waals surface area contributed by atoms with Crippen molar-refractivity contribution < 1.29 is 14.3 Å². The number of carbonyl (C=O) groups is 2. The van der Waals surface area contributed by atoms with Crippen LogP contribution in [0.1, 0.15) is 11.1 Å². The van der Waals surface area contributed by atoms with Crippen molar-refractivity contribution in [1.82, 2.24) is 4.98 Å². The average Bonchev–Trinajstić information content (AvgIpc) is 3.33. The van der Waals surface area contributed by atoms with Crippen molar-refractivity contribution in [3.8, 4) is 27.6 Å². The third-order valence-corrected chi connectivity index (χ3v) is 6.57. The van der Waals surface area contributed by atoms with Crippen molar-refractivity contribution in [2.75, 3.05) is 23.4 Å². The molecule has 0 saturated heterocycles. The Morgan fingerprint density at radius 1 is 1.06 bits per heavy atom. The molecule has 7 heteroatoms. The highest BCUT2D eigenvalue weighted by molar-refractivity contribution is 7.13. The summed E-state index contributed by atoms with van der Waals surface area (Å²) in [5.74, 6) is 0.0448. The van der Waals surface area contributed by atoms with Gasteiger partial charge in [-0.1, -0.05) is 48.0 Å². The van der Waals surface area contributed by atoms with E-state index in [1.807, 2.05) is 86.0 Å². The number of ether oxygens (including phenoxy) is 1. The van der Waals surface area contributed by atoms with Gasteiger partial charge in [0, 0.05) is 22.2 Å². The monoisotopic (exact) mass is 469 g/mol. The first kappa shape index (κ1) is 21.9. The molecule has 0 bridgehead atoms. The maximum atomic E-state index is 12.8. The molecule has 2 amide bonds. The number of amides is 2. The highest BCUT2D eigenvalue weighted by atomic mass is 32.1. The normalized spacial score (nSPS) is 12.8. The third kappa shape index (κ3) is 4.43. The number of rotatable bonds is 5. The van der Waals surface area contributed by atoms with Crippen molar-refractivity contribution in [2.24, 2.45) is 0 Å². The van der Waals surface area contributed by atoms with Crippen LogP contribution in [0.4, 0.5) is 11.4 Å². The van der Waals surface area contributed by atoms with Crippen LogP contribution in [0.25, 0.3) is 21.8 Å². The van der Waals surface area contributed by atoms with Gasteiger partial charge >= 0.3 is 0 Å². The quantitative estimate of drug-likeness (QED) is 0.421. The molecule has 0 fully saturated rings. The fourth-order valence-electron chi connectivity index (χ4n) is 3.94. The molecular formula is C27H23N3O3S. The van der Waals surface area contributed by atoms with Crippen LogP contribution in [-0.2, 0) is 9.59 Å². The van der Waals surface area contributed by atoms with E-state index in [4.69, 9.17) is 9.72 Å². The van der Waals surface area contributed by atoms with Crippen LogP contribution in [0.15, 0.2) is 72.1 Å². The second-order valence-electron chi connectivity index (χ2n) is 8.22. The molecule has 6 nitrogen and oxygen atoms in total. The molecule has 1 aromatic heterocycles. The van der Waals surface area contributed by atoms with Gasteiger partial charge in [0.2, 0.25) is 5.91 Å². The first-order valence-corrected chi connectivity index (χ1v) is 11.8. The summed E-state index contributed by atoms with van der Waals surface area (Å²) in [4.78, 5) is 31.8. The Labute approximate surface area is 201 Å². The van der Waals surface area contributed by atoms with Crippen molar-refractivity contribution in [3.05, 3.63) is 83.2 Å². The van der Waals surface area contributed by atoms with Crippen molar-refractivity contribution in [1.29, 1.82) is 0 Å². The van der Waals surface area contributed by atoms with Crippen LogP contribution in [-0.4, -0.2) is 29.9 Å². The summed E-state index contributed by atoms with van der Waals surface area (Å²) in [5, 5.41) is 5.83. The Morgan fingerprint density at radius 3 is 2.68 bits per heavy atom. The largest absolute Gasteiger partial charge is 0.482 e. The van der Waals surface area contributed by atoms with E-state index in [2.05, 4.69) is 5.32 Å². The average molecular weight is 470 g/mol. The first-order valence-electron chi connectivity index (χ1n) is 10.9. The summed E-state index contributed by atoms with van der Waals surface area (Å²) in [5.41, 5.74) is 6.12. The molecule has 170 valence electrons. The van der Waals surface area contributed by atoms with Crippen LogP contribution in [0.3, 0.4) is 0 Å². The van der Waals surface area contributed by atoms with E-state index >= 15 is 0 Å². The second-order valence-corrected chi connectivity index (χ2v) is 9.08. The smallest absolute Gasteiger partial charge is 0.265 e. The van der Waals surface area contributed by atoms with E-state index in [0.29, 0.717) is 11.4 Å². The highest BCUT2D eigenvalue weighted by Crippen LogP contribution is 2.37. The molecule has 0 atom stereocenters. The molecule has 1 aliphatic rings. The van der Waals surface area contributed by atoms with E-state index in [9.17, 15) is 9.59 Å². The molecule has 34 heavy (non-hydrogen) atoms. The summed E-state index contributed by atoms with van der Waals surface area (Å²) >= 11 is 1.56. The molecule has 5 rings (SSSR count). The minimum atomic E-state index is -0.265. The van der Waals surface area contributed by atoms with Gasteiger partial charge in [-0.2, -0.15) is 0 Å². The van der Waals surface area contributed by atoms with Crippen LogP contribution in [0, 0.1) is 13.8 Å². The van der Waals surface area contributed by atoms with Gasteiger partial charge in [0.25, 0.3) is 5.91 Å². The zero-order valence-corrected chi connectivity index (χ0v) is 19.7. The number of benzene rings is 3. The number of anilines is 2. The zero-order valence-electron chi connectivity index (χ0n) is 18.9. The summed E-state index contributed by atoms with van der Waals surface area (Å²) in [6.45, 7) is 3.75.